The first kappa shape index (κ1) is 15.4. The van der Waals surface area contributed by atoms with Crippen molar-refractivity contribution in [2.75, 3.05) is 5.43 Å². The molecule has 116 valence electrons. The Kier molecular flexibility index (Phi) is 4.06. The fourth-order valence-electron chi connectivity index (χ4n) is 1.69. The summed E-state index contributed by atoms with van der Waals surface area (Å²) in [5.41, 5.74) is 4.54. The van der Waals surface area contributed by atoms with Crippen LogP contribution >= 0.6 is 0 Å². The summed E-state index contributed by atoms with van der Waals surface area (Å²) >= 11 is 0. The zero-order chi connectivity index (χ0) is 16.3. The van der Waals surface area contributed by atoms with Crippen LogP contribution in [0.2, 0.25) is 0 Å². The molecule has 0 unspecified atom stereocenters. The van der Waals surface area contributed by atoms with Crippen LogP contribution in [-0.2, 0) is 4.74 Å². The third-order valence-corrected chi connectivity index (χ3v) is 2.49. The fraction of sp³-hybridized carbons (Fsp3) is 0.308. The molecule has 0 saturated carbocycles. The quantitative estimate of drug-likeness (QED) is 0.660. The number of nitrogens with zero attached hydrogens (tertiary/aromatic N) is 3. The number of carbonyl (C=O) groups excluding carboxylic acids is 1. The van der Waals surface area contributed by atoms with E-state index in [9.17, 15) is 14.9 Å². The summed E-state index contributed by atoms with van der Waals surface area (Å²) in [6.45, 7) is 5.12. The summed E-state index contributed by atoms with van der Waals surface area (Å²) in [5.74, 6) is 0. The molecule has 2 aromatic heterocycles. The van der Waals surface area contributed by atoms with Gasteiger partial charge in [-0.2, -0.15) is 0 Å². The number of hydrazine groups is 1. The summed E-state index contributed by atoms with van der Waals surface area (Å²) in [6, 6.07) is 3.32. The van der Waals surface area contributed by atoms with Crippen LogP contribution < -0.4 is 10.9 Å². The fourth-order valence-corrected chi connectivity index (χ4v) is 1.69. The second-order valence-corrected chi connectivity index (χ2v) is 5.40. The average Bonchev–Trinajstić information content (AvgIpc) is 2.42. The van der Waals surface area contributed by atoms with E-state index >= 15 is 0 Å². The Morgan fingerprint density at radius 2 is 2.09 bits per heavy atom. The number of fused-ring (bicyclic) bond motifs is 1. The van der Waals surface area contributed by atoms with Gasteiger partial charge < -0.3 is 4.74 Å². The van der Waals surface area contributed by atoms with E-state index in [0.717, 1.165) is 6.20 Å². The monoisotopic (exact) mass is 305 g/mol. The number of hydrogen-bond acceptors (Lipinski definition) is 7. The SMILES string of the molecule is CC(C)(C)OC(=O)NNc1c([N+](=O)[O-])cnc2cccnc12. The lowest BCUT2D eigenvalue weighted by atomic mass is 10.2. The Morgan fingerprint density at radius 3 is 2.73 bits per heavy atom. The third kappa shape index (κ3) is 3.57. The molecular formula is C13H15N5O4. The molecule has 0 radical (unpaired) electrons. The minimum absolute atomic E-state index is 0.0430. The van der Waals surface area contributed by atoms with Gasteiger partial charge in [-0.1, -0.05) is 0 Å². The smallest absolute Gasteiger partial charge is 0.426 e. The third-order valence-electron chi connectivity index (χ3n) is 2.49. The first-order valence-electron chi connectivity index (χ1n) is 6.41. The zero-order valence-corrected chi connectivity index (χ0v) is 12.3. The topological polar surface area (TPSA) is 119 Å². The first-order chi connectivity index (χ1) is 10.3. The molecular weight excluding hydrogens is 290 g/mol. The number of carbonyl (C=O) groups is 1. The van der Waals surface area contributed by atoms with Gasteiger partial charge in [-0.3, -0.25) is 20.5 Å². The maximum atomic E-state index is 11.6. The van der Waals surface area contributed by atoms with E-state index in [-0.39, 0.29) is 16.9 Å². The maximum Gasteiger partial charge on any atom is 0.426 e. The van der Waals surface area contributed by atoms with Crippen molar-refractivity contribution in [1.82, 2.24) is 15.4 Å². The number of nitrogens with one attached hydrogen (secondary N) is 2. The van der Waals surface area contributed by atoms with Crippen LogP contribution in [0.25, 0.3) is 11.0 Å². The van der Waals surface area contributed by atoms with Crippen molar-refractivity contribution in [3.63, 3.8) is 0 Å². The molecule has 0 saturated heterocycles. The van der Waals surface area contributed by atoms with Crippen molar-refractivity contribution < 1.29 is 14.5 Å². The van der Waals surface area contributed by atoms with Gasteiger partial charge in [0.15, 0.2) is 5.69 Å². The number of ether oxygens (including phenoxy) is 1. The molecule has 9 heteroatoms. The van der Waals surface area contributed by atoms with Crippen molar-refractivity contribution in [3.05, 3.63) is 34.6 Å². The van der Waals surface area contributed by atoms with Crippen molar-refractivity contribution >= 4 is 28.5 Å². The van der Waals surface area contributed by atoms with Gasteiger partial charge in [0.25, 0.3) is 0 Å². The molecule has 0 atom stereocenters. The summed E-state index contributed by atoms with van der Waals surface area (Å²) in [5, 5.41) is 11.1. The van der Waals surface area contributed by atoms with Crippen LogP contribution in [0.5, 0.6) is 0 Å². The van der Waals surface area contributed by atoms with Gasteiger partial charge in [0.1, 0.15) is 17.3 Å². The maximum absolute atomic E-state index is 11.6. The van der Waals surface area contributed by atoms with Gasteiger partial charge >= 0.3 is 11.8 Å². The van der Waals surface area contributed by atoms with Crippen molar-refractivity contribution in [2.45, 2.75) is 26.4 Å². The molecule has 22 heavy (non-hydrogen) atoms. The molecule has 0 aromatic carbocycles. The summed E-state index contributed by atoms with van der Waals surface area (Å²) < 4.78 is 5.05. The molecule has 0 aliphatic heterocycles. The molecule has 0 spiro atoms. The Morgan fingerprint density at radius 1 is 1.36 bits per heavy atom. The Bertz CT molecular complexity index is 726. The highest BCUT2D eigenvalue weighted by molar-refractivity contribution is 5.92. The van der Waals surface area contributed by atoms with E-state index in [0.29, 0.717) is 5.52 Å². The van der Waals surface area contributed by atoms with Crippen LogP contribution in [0.3, 0.4) is 0 Å². The predicted octanol–water partition coefficient (Wildman–Crippen LogP) is 2.39. The standard InChI is InChI=1S/C13H15N5O4/c1-13(2,3)22-12(19)17-16-11-9(18(20)21)7-15-8-5-4-6-14-10(8)11/h4-7H,1-3H3,(H,15,16)(H,17,19). The minimum atomic E-state index is -0.761. The van der Waals surface area contributed by atoms with E-state index in [2.05, 4.69) is 20.8 Å². The minimum Gasteiger partial charge on any atom is -0.443 e. The summed E-state index contributed by atoms with van der Waals surface area (Å²) in [7, 11) is 0. The number of rotatable bonds is 3. The Hall–Kier alpha value is -2.97. The lowest BCUT2D eigenvalue weighted by Gasteiger charge is -2.20. The van der Waals surface area contributed by atoms with Crippen LogP contribution in [0, 0.1) is 10.1 Å². The lowest BCUT2D eigenvalue weighted by molar-refractivity contribution is -0.384. The summed E-state index contributed by atoms with van der Waals surface area (Å²) in [4.78, 5) is 30.1. The van der Waals surface area contributed by atoms with Crippen molar-refractivity contribution in [2.24, 2.45) is 0 Å². The van der Waals surface area contributed by atoms with Gasteiger partial charge in [0.2, 0.25) is 0 Å². The molecule has 2 rings (SSSR count). The molecule has 0 fully saturated rings. The van der Waals surface area contributed by atoms with E-state index < -0.39 is 16.6 Å². The summed E-state index contributed by atoms with van der Waals surface area (Å²) in [6.07, 6.45) is 1.82. The van der Waals surface area contributed by atoms with Gasteiger partial charge in [0, 0.05) is 6.20 Å². The number of aromatic nitrogens is 2. The second kappa shape index (κ2) is 5.80. The van der Waals surface area contributed by atoms with Gasteiger partial charge in [-0.15, -0.1) is 0 Å². The normalized spacial score (nSPS) is 11.0. The van der Waals surface area contributed by atoms with E-state index in [4.69, 9.17) is 4.74 Å². The number of nitro groups is 1. The number of amides is 1. The van der Waals surface area contributed by atoms with Crippen molar-refractivity contribution in [3.8, 4) is 0 Å². The highest BCUT2D eigenvalue weighted by atomic mass is 16.6. The zero-order valence-electron chi connectivity index (χ0n) is 12.3. The van der Waals surface area contributed by atoms with Gasteiger partial charge in [0.05, 0.1) is 10.4 Å². The number of hydrogen-bond donors (Lipinski definition) is 2. The molecule has 0 aliphatic rings. The van der Waals surface area contributed by atoms with Gasteiger partial charge in [-0.25, -0.2) is 15.2 Å². The van der Waals surface area contributed by atoms with E-state index in [1.807, 2.05) is 0 Å². The number of anilines is 1. The first-order valence-corrected chi connectivity index (χ1v) is 6.41. The molecule has 2 N–H and O–H groups in total. The molecule has 0 aliphatic carbocycles. The van der Waals surface area contributed by atoms with Crippen molar-refractivity contribution in [1.29, 1.82) is 0 Å². The molecule has 1 amide bonds. The highest BCUT2D eigenvalue weighted by Crippen LogP contribution is 2.29. The van der Waals surface area contributed by atoms with E-state index in [1.165, 1.54) is 6.20 Å². The van der Waals surface area contributed by atoms with Crippen LogP contribution in [-0.4, -0.2) is 26.6 Å². The lowest BCUT2D eigenvalue weighted by Crippen LogP contribution is -2.36. The van der Waals surface area contributed by atoms with Crippen LogP contribution in [0.1, 0.15) is 20.8 Å². The van der Waals surface area contributed by atoms with Crippen LogP contribution in [0.4, 0.5) is 16.2 Å². The molecule has 9 nitrogen and oxygen atoms in total. The second-order valence-electron chi connectivity index (χ2n) is 5.40. The number of pyridine rings is 2. The predicted molar refractivity (Wildman–Crippen MR) is 79.2 cm³/mol. The molecule has 2 aromatic rings. The average molecular weight is 305 g/mol. The van der Waals surface area contributed by atoms with Crippen LogP contribution in [0.15, 0.2) is 24.5 Å². The Balaban J connectivity index is 2.31. The molecule has 2 heterocycles. The highest BCUT2D eigenvalue weighted by Gasteiger charge is 2.21. The van der Waals surface area contributed by atoms with E-state index in [1.54, 1.807) is 32.9 Å². The largest absolute Gasteiger partial charge is 0.443 e. The Labute approximate surface area is 125 Å². The van der Waals surface area contributed by atoms with Gasteiger partial charge in [-0.05, 0) is 32.9 Å². The molecule has 0 bridgehead atoms.